The van der Waals surface area contributed by atoms with Crippen LogP contribution in [-0.2, 0) is 22.6 Å². The molecule has 0 saturated carbocycles. The van der Waals surface area contributed by atoms with Crippen molar-refractivity contribution in [1.29, 1.82) is 0 Å². The highest BCUT2D eigenvalue weighted by atomic mass is 35.5. The topological polar surface area (TPSA) is 65.2 Å². The van der Waals surface area contributed by atoms with E-state index < -0.39 is 0 Å². The molecule has 0 atom stereocenters. The van der Waals surface area contributed by atoms with Crippen LogP contribution in [0.15, 0.2) is 59.0 Å². The van der Waals surface area contributed by atoms with Gasteiger partial charge in [-0.25, -0.2) is 0 Å². The number of benzene rings is 2. The largest absolute Gasteiger partial charge is 0.456 e. The molecule has 2 aromatic carbocycles. The van der Waals surface area contributed by atoms with Gasteiger partial charge in [-0.3, -0.25) is 4.79 Å². The monoisotopic (exact) mass is 342 g/mol. The van der Waals surface area contributed by atoms with Gasteiger partial charge in [-0.1, -0.05) is 41.9 Å². The summed E-state index contributed by atoms with van der Waals surface area (Å²) < 4.78 is 10.6. The highest BCUT2D eigenvalue weighted by Crippen LogP contribution is 2.17. The van der Waals surface area contributed by atoms with Gasteiger partial charge in [0.15, 0.2) is 6.61 Å². The number of aromatic nitrogens is 2. The smallest absolute Gasteiger partial charge is 0.306 e. The van der Waals surface area contributed by atoms with E-state index in [0.717, 1.165) is 11.1 Å². The van der Waals surface area contributed by atoms with Crippen LogP contribution in [0.4, 0.5) is 0 Å². The summed E-state index contributed by atoms with van der Waals surface area (Å²) in [5.74, 6) is 0.362. The number of carbonyl (C=O) groups excluding carboxylic acids is 1. The Labute approximate surface area is 144 Å². The minimum atomic E-state index is -0.315. The van der Waals surface area contributed by atoms with Crippen LogP contribution in [0.1, 0.15) is 17.9 Å². The zero-order valence-electron chi connectivity index (χ0n) is 12.8. The van der Waals surface area contributed by atoms with E-state index >= 15 is 0 Å². The van der Waals surface area contributed by atoms with Crippen molar-refractivity contribution in [2.45, 2.75) is 19.4 Å². The number of hydrogen-bond donors (Lipinski definition) is 0. The van der Waals surface area contributed by atoms with Crippen LogP contribution in [0.5, 0.6) is 0 Å². The maximum Gasteiger partial charge on any atom is 0.306 e. The summed E-state index contributed by atoms with van der Waals surface area (Å²) in [6.45, 7) is -0.0285. The van der Waals surface area contributed by atoms with Crippen LogP contribution in [0.3, 0.4) is 0 Å². The third-order valence-corrected chi connectivity index (χ3v) is 3.63. The molecule has 122 valence electrons. The van der Waals surface area contributed by atoms with Crippen molar-refractivity contribution in [3.05, 3.63) is 71.1 Å². The first-order chi connectivity index (χ1) is 11.7. The maximum atomic E-state index is 11.8. The number of halogens is 1. The first-order valence-electron chi connectivity index (χ1n) is 7.48. The van der Waals surface area contributed by atoms with Crippen LogP contribution in [-0.4, -0.2) is 16.2 Å². The van der Waals surface area contributed by atoms with Crippen molar-refractivity contribution >= 4 is 17.6 Å². The molecule has 0 aliphatic carbocycles. The number of hydrogen-bond acceptors (Lipinski definition) is 5. The molecule has 0 fully saturated rings. The van der Waals surface area contributed by atoms with Crippen molar-refractivity contribution in [2.24, 2.45) is 0 Å². The quantitative estimate of drug-likeness (QED) is 0.632. The zero-order valence-corrected chi connectivity index (χ0v) is 13.6. The van der Waals surface area contributed by atoms with Gasteiger partial charge in [0.05, 0.1) is 0 Å². The minimum Gasteiger partial charge on any atom is -0.456 e. The molecule has 3 rings (SSSR count). The first kappa shape index (κ1) is 16.2. The Morgan fingerprint density at radius 1 is 1.04 bits per heavy atom. The number of ether oxygens (including phenoxy) is 1. The number of aryl methyl sites for hydroxylation is 1. The third kappa shape index (κ3) is 4.43. The molecule has 0 N–H and O–H groups in total. The van der Waals surface area contributed by atoms with Crippen molar-refractivity contribution < 1.29 is 13.9 Å². The molecule has 0 bridgehead atoms. The fourth-order valence-electron chi connectivity index (χ4n) is 2.12. The second-order valence-electron chi connectivity index (χ2n) is 5.15. The second kappa shape index (κ2) is 7.75. The van der Waals surface area contributed by atoms with Crippen molar-refractivity contribution in [2.75, 3.05) is 0 Å². The molecule has 0 radical (unpaired) electrons. The van der Waals surface area contributed by atoms with Crippen molar-refractivity contribution in [1.82, 2.24) is 10.2 Å². The second-order valence-corrected chi connectivity index (χ2v) is 5.59. The molecule has 0 unspecified atom stereocenters. The lowest BCUT2D eigenvalue weighted by atomic mass is 10.1. The molecule has 0 amide bonds. The molecule has 0 spiro atoms. The van der Waals surface area contributed by atoms with Crippen LogP contribution in [0, 0.1) is 0 Å². The van der Waals surface area contributed by atoms with E-state index in [2.05, 4.69) is 10.2 Å². The highest BCUT2D eigenvalue weighted by Gasteiger charge is 2.11. The van der Waals surface area contributed by atoms with Gasteiger partial charge in [0.2, 0.25) is 5.89 Å². The van der Waals surface area contributed by atoms with E-state index in [1.165, 1.54) is 0 Å². The molecular formula is C18H15ClN2O3. The number of rotatable bonds is 6. The summed E-state index contributed by atoms with van der Waals surface area (Å²) >= 11 is 5.82. The molecule has 1 aromatic heterocycles. The van der Waals surface area contributed by atoms with E-state index in [0.29, 0.717) is 17.3 Å². The average Bonchev–Trinajstić information content (AvgIpc) is 3.09. The summed E-state index contributed by atoms with van der Waals surface area (Å²) in [5, 5.41) is 8.50. The first-order valence-corrected chi connectivity index (χ1v) is 7.86. The van der Waals surface area contributed by atoms with Gasteiger partial charge >= 0.3 is 5.97 Å². The Morgan fingerprint density at radius 2 is 1.79 bits per heavy atom. The molecule has 0 saturated heterocycles. The predicted octanol–water partition coefficient (Wildman–Crippen LogP) is 4.07. The van der Waals surface area contributed by atoms with Gasteiger partial charge in [-0.15, -0.1) is 10.2 Å². The number of nitrogens with zero attached hydrogens (tertiary/aromatic N) is 2. The van der Waals surface area contributed by atoms with Gasteiger partial charge in [-0.05, 0) is 36.2 Å². The highest BCUT2D eigenvalue weighted by molar-refractivity contribution is 6.30. The number of carbonyl (C=O) groups is 1. The van der Waals surface area contributed by atoms with E-state index in [4.69, 9.17) is 20.8 Å². The van der Waals surface area contributed by atoms with Crippen LogP contribution < -0.4 is 0 Å². The van der Waals surface area contributed by atoms with Gasteiger partial charge in [-0.2, -0.15) is 0 Å². The molecular weight excluding hydrogens is 328 g/mol. The Balaban J connectivity index is 1.48. The van der Waals surface area contributed by atoms with Crippen molar-refractivity contribution in [3.63, 3.8) is 0 Å². The Hall–Kier alpha value is -2.66. The summed E-state index contributed by atoms with van der Waals surface area (Å²) in [4.78, 5) is 11.8. The van der Waals surface area contributed by atoms with Gasteiger partial charge in [0.1, 0.15) is 0 Å². The van der Waals surface area contributed by atoms with E-state index in [1.54, 1.807) is 12.1 Å². The fraction of sp³-hybridized carbons (Fsp3) is 0.167. The summed E-state index contributed by atoms with van der Waals surface area (Å²) in [6, 6.07) is 16.8. The van der Waals surface area contributed by atoms with Gasteiger partial charge < -0.3 is 9.15 Å². The Bertz CT molecular complexity index is 801. The average molecular weight is 343 g/mol. The van der Waals surface area contributed by atoms with E-state index in [-0.39, 0.29) is 24.9 Å². The molecule has 0 aliphatic heterocycles. The zero-order chi connectivity index (χ0) is 16.8. The molecule has 0 aliphatic rings. The van der Waals surface area contributed by atoms with Crippen LogP contribution in [0.2, 0.25) is 5.02 Å². The van der Waals surface area contributed by atoms with Gasteiger partial charge in [0, 0.05) is 17.0 Å². The Morgan fingerprint density at radius 3 is 2.54 bits per heavy atom. The molecule has 1 heterocycles. The maximum absolute atomic E-state index is 11.8. The third-order valence-electron chi connectivity index (χ3n) is 3.38. The van der Waals surface area contributed by atoms with E-state index in [9.17, 15) is 4.79 Å². The Kier molecular flexibility index (Phi) is 5.23. The van der Waals surface area contributed by atoms with E-state index in [1.807, 2.05) is 42.5 Å². The normalized spacial score (nSPS) is 10.5. The minimum absolute atomic E-state index is 0.0285. The van der Waals surface area contributed by atoms with Gasteiger partial charge in [0.25, 0.3) is 5.89 Å². The van der Waals surface area contributed by atoms with Crippen molar-refractivity contribution in [3.8, 4) is 11.5 Å². The number of esters is 1. The van der Waals surface area contributed by atoms with Crippen LogP contribution >= 0.6 is 11.6 Å². The lowest BCUT2D eigenvalue weighted by Gasteiger charge is -2.02. The summed E-state index contributed by atoms with van der Waals surface area (Å²) in [7, 11) is 0. The lowest BCUT2D eigenvalue weighted by Crippen LogP contribution is -2.06. The lowest BCUT2D eigenvalue weighted by molar-refractivity contribution is -0.145. The summed E-state index contributed by atoms with van der Waals surface area (Å²) in [6.07, 6.45) is 0.871. The molecule has 5 nitrogen and oxygen atoms in total. The molecule has 6 heteroatoms. The van der Waals surface area contributed by atoms with Crippen LogP contribution in [0.25, 0.3) is 11.5 Å². The summed E-state index contributed by atoms with van der Waals surface area (Å²) in [5.41, 5.74) is 1.85. The predicted molar refractivity (Wildman–Crippen MR) is 89.3 cm³/mol. The standard InChI is InChI=1S/C18H15ClN2O3/c19-15-9-6-13(7-10-15)8-11-17(22)23-12-16-20-21-18(24-16)14-4-2-1-3-5-14/h1-7,9-10H,8,11-12H2. The molecule has 24 heavy (non-hydrogen) atoms. The fourth-order valence-corrected chi connectivity index (χ4v) is 2.25. The SMILES string of the molecule is O=C(CCc1ccc(Cl)cc1)OCc1nnc(-c2ccccc2)o1. The molecule has 3 aromatic rings.